The number of aliphatic hydroxyl groups excluding tert-OH is 1. The lowest BCUT2D eigenvalue weighted by Crippen LogP contribution is -2.38. The van der Waals surface area contributed by atoms with Crippen molar-refractivity contribution in [2.24, 2.45) is 0 Å². The predicted molar refractivity (Wildman–Crippen MR) is 73.6 cm³/mol. The molecule has 7 nitrogen and oxygen atoms in total. The molecule has 112 valence electrons. The van der Waals surface area contributed by atoms with E-state index in [0.717, 1.165) is 5.56 Å². The first-order chi connectivity index (χ1) is 10.1. The highest BCUT2D eigenvalue weighted by Crippen LogP contribution is 2.16. The smallest absolute Gasteiger partial charge is 0.252 e. The normalized spacial score (nSPS) is 12.0. The lowest BCUT2D eigenvalue weighted by atomic mass is 10.2. The molecule has 21 heavy (non-hydrogen) atoms. The summed E-state index contributed by atoms with van der Waals surface area (Å²) in [4.78, 5) is 11.7. The summed E-state index contributed by atoms with van der Waals surface area (Å²) in [7, 11) is 0. The molecule has 7 heteroatoms. The molecule has 1 atom stereocenters. The number of nitrogens with one attached hydrogen (secondary N) is 1. The Hall–Kier alpha value is -2.41. The summed E-state index contributed by atoms with van der Waals surface area (Å²) in [5.41, 5.74) is 0.937. The van der Waals surface area contributed by atoms with E-state index in [1.54, 1.807) is 13.0 Å². The molecule has 2 N–H and O–H groups in total. The fourth-order valence-corrected chi connectivity index (χ4v) is 1.65. The summed E-state index contributed by atoms with van der Waals surface area (Å²) >= 11 is 0. The average Bonchev–Trinajstić information content (AvgIpc) is 2.89. The number of amides is 1. The Balaban J connectivity index is 1.78. The third kappa shape index (κ3) is 4.28. The van der Waals surface area contributed by atoms with Crippen LogP contribution in [-0.4, -0.2) is 33.9 Å². The van der Waals surface area contributed by atoms with Gasteiger partial charge in [0.25, 0.3) is 5.91 Å². The third-order valence-corrected chi connectivity index (χ3v) is 2.77. The number of carbonyl (C=O) groups is 1. The molecule has 0 aliphatic carbocycles. The molecule has 1 aromatic carbocycles. The van der Waals surface area contributed by atoms with Crippen LogP contribution < -0.4 is 10.1 Å². The number of aromatic nitrogens is 2. The Bertz CT molecular complexity index is 612. The highest BCUT2D eigenvalue weighted by molar-refractivity contribution is 5.80. The van der Waals surface area contributed by atoms with Crippen LogP contribution in [0.1, 0.15) is 17.3 Å². The van der Waals surface area contributed by atoms with Crippen LogP contribution in [-0.2, 0) is 11.3 Å². The number of nitrogens with zero attached hydrogens (tertiary/aromatic N) is 2. The lowest BCUT2D eigenvalue weighted by molar-refractivity contribution is -0.131. The van der Waals surface area contributed by atoms with Crippen molar-refractivity contribution < 1.29 is 19.1 Å². The molecule has 0 unspecified atom stereocenters. The van der Waals surface area contributed by atoms with E-state index in [0.29, 0.717) is 11.6 Å². The third-order valence-electron chi connectivity index (χ3n) is 2.77. The number of ether oxygens (including phenoxy) is 1. The number of para-hydroxylation sites is 1. The maximum atomic E-state index is 11.7. The summed E-state index contributed by atoms with van der Waals surface area (Å²) in [6.45, 7) is 3.49. The second kappa shape index (κ2) is 6.85. The highest BCUT2D eigenvalue weighted by Gasteiger charge is 2.16. The number of aliphatic hydroxyl groups is 1. The largest absolute Gasteiger partial charge is 0.490 e. The van der Waals surface area contributed by atoms with Crippen LogP contribution in [0.25, 0.3) is 0 Å². The van der Waals surface area contributed by atoms with Crippen LogP contribution in [0.5, 0.6) is 5.75 Å². The van der Waals surface area contributed by atoms with Gasteiger partial charge in [0.15, 0.2) is 6.10 Å². The summed E-state index contributed by atoms with van der Waals surface area (Å²) in [5.74, 6) is 0.784. The van der Waals surface area contributed by atoms with E-state index in [4.69, 9.17) is 9.15 Å². The molecule has 0 bridgehead atoms. The van der Waals surface area contributed by atoms with Gasteiger partial charge < -0.3 is 19.6 Å². The average molecular weight is 291 g/mol. The van der Waals surface area contributed by atoms with Gasteiger partial charge in [0, 0.05) is 6.92 Å². The topological polar surface area (TPSA) is 97.5 Å². The van der Waals surface area contributed by atoms with E-state index in [-0.39, 0.29) is 19.0 Å². The molecular formula is C14H17N3O4. The van der Waals surface area contributed by atoms with E-state index in [1.807, 2.05) is 25.1 Å². The highest BCUT2D eigenvalue weighted by atomic mass is 16.5. The van der Waals surface area contributed by atoms with Crippen LogP contribution in [0.15, 0.2) is 28.7 Å². The van der Waals surface area contributed by atoms with Gasteiger partial charge in [0.05, 0.1) is 6.54 Å². The maximum Gasteiger partial charge on any atom is 0.252 e. The van der Waals surface area contributed by atoms with E-state index >= 15 is 0 Å². The summed E-state index contributed by atoms with van der Waals surface area (Å²) in [6, 6.07) is 7.38. The fourth-order valence-electron chi connectivity index (χ4n) is 1.65. The Morgan fingerprint density at radius 1 is 1.38 bits per heavy atom. The molecule has 2 rings (SSSR count). The van der Waals surface area contributed by atoms with Crippen molar-refractivity contribution in [2.75, 3.05) is 6.61 Å². The predicted octanol–water partition coefficient (Wildman–Crippen LogP) is 0.743. The van der Waals surface area contributed by atoms with Crippen molar-refractivity contribution in [3.63, 3.8) is 0 Å². The van der Waals surface area contributed by atoms with Crippen molar-refractivity contribution in [1.82, 2.24) is 15.5 Å². The van der Waals surface area contributed by atoms with Crippen molar-refractivity contribution in [3.8, 4) is 5.75 Å². The monoisotopic (exact) mass is 291 g/mol. The van der Waals surface area contributed by atoms with Gasteiger partial charge in [-0.2, -0.15) is 0 Å². The van der Waals surface area contributed by atoms with Crippen molar-refractivity contribution in [2.45, 2.75) is 26.5 Å². The Labute approximate surface area is 121 Å². The van der Waals surface area contributed by atoms with E-state index in [1.165, 1.54) is 0 Å². The first-order valence-corrected chi connectivity index (χ1v) is 6.49. The van der Waals surface area contributed by atoms with Gasteiger partial charge in [-0.15, -0.1) is 10.2 Å². The van der Waals surface area contributed by atoms with Crippen molar-refractivity contribution in [3.05, 3.63) is 41.6 Å². The quantitative estimate of drug-likeness (QED) is 0.814. The van der Waals surface area contributed by atoms with Crippen LogP contribution >= 0.6 is 0 Å². The zero-order chi connectivity index (χ0) is 15.2. The van der Waals surface area contributed by atoms with Gasteiger partial charge in [0.2, 0.25) is 11.8 Å². The minimum Gasteiger partial charge on any atom is -0.490 e. The number of carbonyl (C=O) groups excluding carboxylic acids is 1. The SMILES string of the molecule is Cc1nnc(CNC(=O)[C@H](O)COc2ccccc2C)o1. The Morgan fingerprint density at radius 2 is 2.14 bits per heavy atom. The van der Waals surface area contributed by atoms with E-state index in [2.05, 4.69) is 15.5 Å². The number of aryl methyl sites for hydroxylation is 2. The molecule has 0 aliphatic heterocycles. The molecule has 0 saturated carbocycles. The van der Waals surface area contributed by atoms with Gasteiger partial charge in [-0.3, -0.25) is 4.79 Å². The number of hydrogen-bond donors (Lipinski definition) is 2. The Kier molecular flexibility index (Phi) is 4.89. The van der Waals surface area contributed by atoms with Gasteiger partial charge in [-0.1, -0.05) is 18.2 Å². The van der Waals surface area contributed by atoms with Crippen LogP contribution in [0.3, 0.4) is 0 Å². The molecule has 0 aliphatic rings. The van der Waals surface area contributed by atoms with Gasteiger partial charge >= 0.3 is 0 Å². The molecule has 0 fully saturated rings. The van der Waals surface area contributed by atoms with Crippen molar-refractivity contribution >= 4 is 5.91 Å². The molecule has 0 radical (unpaired) electrons. The molecular weight excluding hydrogens is 274 g/mol. The number of rotatable bonds is 6. The Morgan fingerprint density at radius 3 is 2.81 bits per heavy atom. The minimum absolute atomic E-state index is 0.0705. The lowest BCUT2D eigenvalue weighted by Gasteiger charge is -2.13. The standard InChI is InChI=1S/C14H17N3O4/c1-9-5-3-4-6-12(9)20-8-11(18)14(19)15-7-13-17-16-10(2)21-13/h3-6,11,18H,7-8H2,1-2H3,(H,15,19)/t11-/m1/s1. The number of benzene rings is 1. The molecule has 1 amide bonds. The van der Waals surface area contributed by atoms with Crippen LogP contribution in [0, 0.1) is 13.8 Å². The summed E-state index contributed by atoms with van der Waals surface area (Å²) in [6.07, 6.45) is -1.27. The summed E-state index contributed by atoms with van der Waals surface area (Å²) in [5, 5.41) is 19.6. The van der Waals surface area contributed by atoms with Gasteiger partial charge in [-0.25, -0.2) is 0 Å². The fraction of sp³-hybridized carbons (Fsp3) is 0.357. The molecule has 0 saturated heterocycles. The zero-order valence-electron chi connectivity index (χ0n) is 11.9. The number of hydrogen-bond acceptors (Lipinski definition) is 6. The van der Waals surface area contributed by atoms with Gasteiger partial charge in [0.1, 0.15) is 12.4 Å². The first kappa shape index (κ1) is 15.0. The molecule has 0 spiro atoms. The van der Waals surface area contributed by atoms with E-state index in [9.17, 15) is 9.90 Å². The zero-order valence-corrected chi connectivity index (χ0v) is 11.9. The van der Waals surface area contributed by atoms with Crippen LogP contribution in [0.2, 0.25) is 0 Å². The minimum atomic E-state index is -1.27. The van der Waals surface area contributed by atoms with Crippen LogP contribution in [0.4, 0.5) is 0 Å². The molecule has 2 aromatic rings. The molecule has 1 aromatic heterocycles. The maximum absolute atomic E-state index is 11.7. The molecule has 1 heterocycles. The van der Waals surface area contributed by atoms with E-state index < -0.39 is 12.0 Å². The van der Waals surface area contributed by atoms with Gasteiger partial charge in [-0.05, 0) is 18.6 Å². The second-order valence-corrected chi connectivity index (χ2v) is 4.52. The summed E-state index contributed by atoms with van der Waals surface area (Å²) < 4.78 is 10.5. The van der Waals surface area contributed by atoms with Crippen molar-refractivity contribution in [1.29, 1.82) is 0 Å². The second-order valence-electron chi connectivity index (χ2n) is 4.52. The first-order valence-electron chi connectivity index (χ1n) is 6.49.